The van der Waals surface area contributed by atoms with Crippen LogP contribution in [0.2, 0.25) is 0 Å². The summed E-state index contributed by atoms with van der Waals surface area (Å²) in [7, 11) is 0. The summed E-state index contributed by atoms with van der Waals surface area (Å²) in [6.07, 6.45) is -4.72. The Kier molecular flexibility index (Phi) is 3.89. The molecule has 16 heavy (non-hydrogen) atoms. The third-order valence-corrected chi connectivity index (χ3v) is 1.85. The van der Waals surface area contributed by atoms with Crippen LogP contribution < -0.4 is 10.5 Å². The summed E-state index contributed by atoms with van der Waals surface area (Å²) >= 11 is 0. The summed E-state index contributed by atoms with van der Waals surface area (Å²) in [4.78, 5) is 10.4. The fourth-order valence-electron chi connectivity index (χ4n) is 1.03. The number of carbonyl (C=O) groups excluding carboxylic acids is 1. The van der Waals surface area contributed by atoms with E-state index in [1.54, 1.807) is 0 Å². The Bertz CT molecular complexity index is 348. The Hall–Kier alpha value is -1.56. The van der Waals surface area contributed by atoms with E-state index in [0.29, 0.717) is 6.29 Å². The third kappa shape index (κ3) is 3.23. The molecule has 0 bridgehead atoms. The maximum Gasteiger partial charge on any atom is 0.416 e. The summed E-state index contributed by atoms with van der Waals surface area (Å²) in [6, 6.07) is 4.06. The Labute approximate surface area is 90.0 Å². The minimum Gasteiger partial charge on any atom is -0.482 e. The van der Waals surface area contributed by atoms with E-state index in [2.05, 4.69) is 0 Å². The molecule has 0 aliphatic carbocycles. The highest BCUT2D eigenvalue weighted by atomic mass is 19.4. The zero-order valence-electron chi connectivity index (χ0n) is 8.20. The number of alkyl halides is 3. The zero-order chi connectivity index (χ0) is 12.2. The van der Waals surface area contributed by atoms with Crippen molar-refractivity contribution in [3.8, 4) is 5.75 Å². The molecule has 0 saturated carbocycles. The molecular weight excluding hydrogens is 223 g/mol. The van der Waals surface area contributed by atoms with Gasteiger partial charge in [0, 0.05) is 6.54 Å². The van der Waals surface area contributed by atoms with E-state index in [4.69, 9.17) is 10.5 Å². The molecule has 1 aromatic rings. The van der Waals surface area contributed by atoms with E-state index in [0.717, 1.165) is 24.3 Å². The second kappa shape index (κ2) is 4.98. The number of benzene rings is 1. The first-order chi connectivity index (χ1) is 7.47. The number of aldehydes is 1. The molecule has 3 nitrogen and oxygen atoms in total. The van der Waals surface area contributed by atoms with Gasteiger partial charge in [0.2, 0.25) is 0 Å². The number of ether oxygens (including phenoxy) is 1. The molecule has 0 aliphatic rings. The smallest absolute Gasteiger partial charge is 0.416 e. The fourth-order valence-corrected chi connectivity index (χ4v) is 1.03. The second-order valence-electron chi connectivity index (χ2n) is 3.05. The van der Waals surface area contributed by atoms with Gasteiger partial charge in [0.1, 0.15) is 5.75 Å². The molecule has 0 aliphatic heterocycles. The first-order valence-electron chi connectivity index (χ1n) is 4.46. The van der Waals surface area contributed by atoms with Crippen molar-refractivity contribution in [3.05, 3.63) is 29.8 Å². The van der Waals surface area contributed by atoms with Gasteiger partial charge in [-0.15, -0.1) is 0 Å². The molecule has 88 valence electrons. The third-order valence-electron chi connectivity index (χ3n) is 1.85. The zero-order valence-corrected chi connectivity index (χ0v) is 8.20. The van der Waals surface area contributed by atoms with Crippen molar-refractivity contribution in [2.24, 2.45) is 5.73 Å². The highest BCUT2D eigenvalue weighted by molar-refractivity contribution is 5.57. The van der Waals surface area contributed by atoms with Gasteiger partial charge in [0.15, 0.2) is 12.4 Å². The first kappa shape index (κ1) is 12.5. The summed E-state index contributed by atoms with van der Waals surface area (Å²) < 4.78 is 41.6. The van der Waals surface area contributed by atoms with Crippen molar-refractivity contribution in [1.82, 2.24) is 0 Å². The van der Waals surface area contributed by atoms with Gasteiger partial charge in [0.25, 0.3) is 0 Å². The van der Waals surface area contributed by atoms with Gasteiger partial charge in [-0.3, -0.25) is 4.79 Å². The summed E-state index contributed by atoms with van der Waals surface area (Å²) in [5.41, 5.74) is 4.43. The van der Waals surface area contributed by atoms with Crippen molar-refractivity contribution in [1.29, 1.82) is 0 Å². The first-order valence-corrected chi connectivity index (χ1v) is 4.46. The number of nitrogens with two attached hydrogens (primary N) is 1. The van der Waals surface area contributed by atoms with Gasteiger partial charge in [-0.05, 0) is 24.3 Å². The molecule has 2 N–H and O–H groups in total. The number of carbonyl (C=O) groups is 1. The lowest BCUT2D eigenvalue weighted by Crippen LogP contribution is -2.27. The van der Waals surface area contributed by atoms with E-state index in [-0.39, 0.29) is 12.3 Å². The minimum atomic E-state index is -4.38. The van der Waals surface area contributed by atoms with Gasteiger partial charge in [-0.1, -0.05) is 0 Å². The van der Waals surface area contributed by atoms with Gasteiger partial charge >= 0.3 is 6.18 Å². The van der Waals surface area contributed by atoms with Crippen LogP contribution in [0.4, 0.5) is 13.2 Å². The molecule has 0 spiro atoms. The van der Waals surface area contributed by atoms with Gasteiger partial charge in [-0.25, -0.2) is 0 Å². The Balaban J connectivity index is 2.75. The van der Waals surface area contributed by atoms with Crippen molar-refractivity contribution in [2.75, 3.05) is 6.54 Å². The van der Waals surface area contributed by atoms with E-state index in [1.807, 2.05) is 0 Å². The summed E-state index contributed by atoms with van der Waals surface area (Å²) in [5, 5.41) is 0. The Morgan fingerprint density at radius 1 is 1.31 bits per heavy atom. The van der Waals surface area contributed by atoms with Crippen LogP contribution in [-0.4, -0.2) is 18.9 Å². The van der Waals surface area contributed by atoms with Crippen LogP contribution in [0.15, 0.2) is 24.3 Å². The maximum absolute atomic E-state index is 12.2. The molecule has 0 fully saturated rings. The quantitative estimate of drug-likeness (QED) is 0.804. The highest BCUT2D eigenvalue weighted by Gasteiger charge is 2.30. The van der Waals surface area contributed by atoms with Crippen molar-refractivity contribution in [2.45, 2.75) is 12.3 Å². The molecule has 1 aromatic carbocycles. The number of rotatable bonds is 4. The largest absolute Gasteiger partial charge is 0.482 e. The fraction of sp³-hybridized carbons (Fsp3) is 0.300. The highest BCUT2D eigenvalue weighted by Crippen LogP contribution is 2.30. The lowest BCUT2D eigenvalue weighted by molar-refractivity contribution is -0.137. The van der Waals surface area contributed by atoms with Crippen LogP contribution in [-0.2, 0) is 11.0 Å². The molecule has 1 unspecified atom stereocenters. The molecule has 0 radical (unpaired) electrons. The molecule has 0 heterocycles. The monoisotopic (exact) mass is 233 g/mol. The minimum absolute atomic E-state index is 0.0233. The van der Waals surface area contributed by atoms with E-state index >= 15 is 0 Å². The van der Waals surface area contributed by atoms with Gasteiger partial charge in [-0.2, -0.15) is 13.2 Å². The number of halogens is 3. The lowest BCUT2D eigenvalue weighted by atomic mass is 10.2. The molecule has 0 aromatic heterocycles. The SMILES string of the molecule is NCC(C=O)Oc1ccc(C(F)(F)F)cc1. The lowest BCUT2D eigenvalue weighted by Gasteiger charge is -2.12. The van der Waals surface area contributed by atoms with Crippen LogP contribution in [0.1, 0.15) is 5.56 Å². The number of hydrogen-bond donors (Lipinski definition) is 1. The second-order valence-corrected chi connectivity index (χ2v) is 3.05. The molecular formula is C10H10F3NO2. The normalized spacial score (nSPS) is 13.2. The van der Waals surface area contributed by atoms with E-state index in [9.17, 15) is 18.0 Å². The maximum atomic E-state index is 12.2. The molecule has 6 heteroatoms. The van der Waals surface area contributed by atoms with Crippen molar-refractivity contribution < 1.29 is 22.7 Å². The average Bonchev–Trinajstić information content (AvgIpc) is 2.25. The standard InChI is InChI=1S/C10H10F3NO2/c11-10(12,13)7-1-3-8(4-2-7)16-9(5-14)6-15/h1-4,6,9H,5,14H2. The number of hydrogen-bond acceptors (Lipinski definition) is 3. The van der Waals surface area contributed by atoms with Crippen LogP contribution in [0.25, 0.3) is 0 Å². The topological polar surface area (TPSA) is 52.3 Å². The molecule has 1 rings (SSSR count). The van der Waals surface area contributed by atoms with Gasteiger partial charge in [0.05, 0.1) is 5.56 Å². The predicted molar refractivity (Wildman–Crippen MR) is 51.0 cm³/mol. The van der Waals surface area contributed by atoms with E-state index < -0.39 is 17.8 Å². The van der Waals surface area contributed by atoms with Crippen LogP contribution in [0.5, 0.6) is 5.75 Å². The van der Waals surface area contributed by atoms with Crippen LogP contribution in [0.3, 0.4) is 0 Å². The Morgan fingerprint density at radius 3 is 2.25 bits per heavy atom. The van der Waals surface area contributed by atoms with Gasteiger partial charge < -0.3 is 10.5 Å². The Morgan fingerprint density at radius 2 is 1.88 bits per heavy atom. The average molecular weight is 233 g/mol. The van der Waals surface area contributed by atoms with Crippen molar-refractivity contribution in [3.63, 3.8) is 0 Å². The van der Waals surface area contributed by atoms with Crippen LogP contribution in [0, 0.1) is 0 Å². The van der Waals surface area contributed by atoms with Crippen molar-refractivity contribution >= 4 is 6.29 Å². The molecule has 1 atom stereocenters. The van der Waals surface area contributed by atoms with E-state index in [1.165, 1.54) is 0 Å². The molecule has 0 saturated heterocycles. The molecule has 0 amide bonds. The summed E-state index contributed by atoms with van der Waals surface area (Å²) in [6.45, 7) is -0.0233. The summed E-state index contributed by atoms with van der Waals surface area (Å²) in [5.74, 6) is 0.176. The predicted octanol–water partition coefficient (Wildman–Crippen LogP) is 1.61. The van der Waals surface area contributed by atoms with Crippen LogP contribution >= 0.6 is 0 Å².